The second-order valence-electron chi connectivity index (χ2n) is 5.35. The highest BCUT2D eigenvalue weighted by molar-refractivity contribution is 5.50. The minimum absolute atomic E-state index is 0.292. The molecule has 1 atom stereocenters. The van der Waals surface area contributed by atoms with Gasteiger partial charge in [-0.2, -0.15) is 5.26 Å². The van der Waals surface area contributed by atoms with E-state index < -0.39 is 5.54 Å². The third-order valence-electron chi connectivity index (χ3n) is 3.59. The quantitative estimate of drug-likeness (QED) is 0.878. The molecule has 0 radical (unpaired) electrons. The Kier molecular flexibility index (Phi) is 4.59. The summed E-state index contributed by atoms with van der Waals surface area (Å²) in [4.78, 5) is 0. The molecule has 0 saturated heterocycles. The minimum atomic E-state index is -0.735. The molecule has 21 heavy (non-hydrogen) atoms. The Morgan fingerprint density at radius 3 is 2.48 bits per heavy atom. The molecule has 0 amide bonds. The van der Waals surface area contributed by atoms with Gasteiger partial charge in [0.15, 0.2) is 0 Å². The summed E-state index contributed by atoms with van der Waals surface area (Å²) < 4.78 is 13.5. The Morgan fingerprint density at radius 1 is 1.19 bits per heavy atom. The minimum Gasteiger partial charge on any atom is -0.367 e. The van der Waals surface area contributed by atoms with Crippen molar-refractivity contribution in [2.24, 2.45) is 0 Å². The van der Waals surface area contributed by atoms with E-state index in [2.05, 4.69) is 11.4 Å². The first kappa shape index (κ1) is 15.1. The van der Waals surface area contributed by atoms with Crippen LogP contribution in [-0.4, -0.2) is 5.54 Å². The van der Waals surface area contributed by atoms with Crippen molar-refractivity contribution in [2.45, 2.75) is 32.2 Å². The van der Waals surface area contributed by atoms with Crippen LogP contribution >= 0.6 is 0 Å². The van der Waals surface area contributed by atoms with Gasteiger partial charge in [-0.25, -0.2) is 4.39 Å². The molecule has 0 aliphatic carbocycles. The molecule has 2 aromatic carbocycles. The Bertz CT molecular complexity index is 626. The van der Waals surface area contributed by atoms with Gasteiger partial charge in [-0.3, -0.25) is 0 Å². The second kappa shape index (κ2) is 6.41. The molecule has 0 fully saturated rings. The summed E-state index contributed by atoms with van der Waals surface area (Å²) in [5.74, 6) is -0.292. The van der Waals surface area contributed by atoms with Crippen LogP contribution < -0.4 is 5.32 Å². The molecule has 3 heteroatoms. The lowest BCUT2D eigenvalue weighted by Gasteiger charge is -2.28. The predicted molar refractivity (Wildman–Crippen MR) is 83.5 cm³/mol. The Hall–Kier alpha value is -2.34. The molecule has 0 aliphatic rings. The summed E-state index contributed by atoms with van der Waals surface area (Å²) in [6, 6.07) is 17.0. The second-order valence-corrected chi connectivity index (χ2v) is 5.35. The van der Waals surface area contributed by atoms with Crippen LogP contribution in [0.5, 0.6) is 0 Å². The van der Waals surface area contributed by atoms with Crippen molar-refractivity contribution in [2.75, 3.05) is 5.32 Å². The van der Waals surface area contributed by atoms with Crippen LogP contribution in [0.1, 0.15) is 24.5 Å². The number of rotatable bonds is 5. The molecule has 0 spiro atoms. The molecule has 1 unspecified atom stereocenters. The van der Waals surface area contributed by atoms with Crippen molar-refractivity contribution < 1.29 is 4.39 Å². The van der Waals surface area contributed by atoms with Crippen LogP contribution in [0.4, 0.5) is 10.1 Å². The number of benzene rings is 2. The zero-order valence-electron chi connectivity index (χ0n) is 12.4. The maximum atomic E-state index is 13.5. The largest absolute Gasteiger partial charge is 0.367 e. The number of aryl methyl sites for hydroxylation is 1. The molecule has 108 valence electrons. The molecule has 2 aromatic rings. The van der Waals surface area contributed by atoms with Gasteiger partial charge < -0.3 is 5.32 Å². The predicted octanol–water partition coefficient (Wildman–Crippen LogP) is 4.46. The maximum absolute atomic E-state index is 13.5. The van der Waals surface area contributed by atoms with E-state index in [9.17, 15) is 9.65 Å². The zero-order chi connectivity index (χ0) is 15.3. The third kappa shape index (κ3) is 3.82. The standard InChI is InChI=1S/C18H19FN2/c1-3-18(13-20,12-15-7-5-4-6-8-15)21-17-10-14(2)9-16(19)11-17/h4-11,21H,3,12H2,1-2H3. The first-order valence-electron chi connectivity index (χ1n) is 7.07. The lowest BCUT2D eigenvalue weighted by atomic mass is 9.89. The van der Waals surface area contributed by atoms with Crippen LogP contribution in [-0.2, 0) is 6.42 Å². The molecule has 0 aromatic heterocycles. The fraction of sp³-hybridized carbons (Fsp3) is 0.278. The number of halogens is 1. The fourth-order valence-electron chi connectivity index (χ4n) is 2.43. The number of nitriles is 1. The van der Waals surface area contributed by atoms with Crippen molar-refractivity contribution in [1.29, 1.82) is 5.26 Å². The van der Waals surface area contributed by atoms with E-state index >= 15 is 0 Å². The average molecular weight is 282 g/mol. The highest BCUT2D eigenvalue weighted by Crippen LogP contribution is 2.24. The fourth-order valence-corrected chi connectivity index (χ4v) is 2.43. The maximum Gasteiger partial charge on any atom is 0.129 e. The van der Waals surface area contributed by atoms with Crippen molar-refractivity contribution in [3.8, 4) is 6.07 Å². The van der Waals surface area contributed by atoms with Crippen LogP contribution in [0.2, 0.25) is 0 Å². The normalized spacial score (nSPS) is 13.2. The summed E-state index contributed by atoms with van der Waals surface area (Å²) in [6.45, 7) is 3.80. The van der Waals surface area contributed by atoms with Crippen LogP contribution in [0, 0.1) is 24.1 Å². The summed E-state index contributed by atoms with van der Waals surface area (Å²) in [7, 11) is 0. The summed E-state index contributed by atoms with van der Waals surface area (Å²) in [6.07, 6.45) is 1.21. The van der Waals surface area contributed by atoms with Gasteiger partial charge >= 0.3 is 0 Å². The van der Waals surface area contributed by atoms with Gasteiger partial charge in [-0.1, -0.05) is 37.3 Å². The van der Waals surface area contributed by atoms with Gasteiger partial charge in [0.25, 0.3) is 0 Å². The number of anilines is 1. The number of hydrogen-bond donors (Lipinski definition) is 1. The lowest BCUT2D eigenvalue weighted by molar-refractivity contribution is 0.562. The summed E-state index contributed by atoms with van der Waals surface area (Å²) in [5.41, 5.74) is 1.83. The molecule has 0 bridgehead atoms. The Labute approximate surface area is 125 Å². The monoisotopic (exact) mass is 282 g/mol. The van der Waals surface area contributed by atoms with Crippen molar-refractivity contribution in [3.63, 3.8) is 0 Å². The lowest BCUT2D eigenvalue weighted by Crippen LogP contribution is -2.38. The van der Waals surface area contributed by atoms with Crippen LogP contribution in [0.3, 0.4) is 0 Å². The molecule has 2 rings (SSSR count). The summed E-state index contributed by atoms with van der Waals surface area (Å²) in [5, 5.41) is 12.9. The van der Waals surface area contributed by atoms with E-state index in [0.29, 0.717) is 18.5 Å². The molecule has 0 saturated carbocycles. The Morgan fingerprint density at radius 2 is 1.90 bits per heavy atom. The van der Waals surface area contributed by atoms with E-state index in [4.69, 9.17) is 0 Å². The van der Waals surface area contributed by atoms with E-state index in [1.54, 1.807) is 0 Å². The summed E-state index contributed by atoms with van der Waals surface area (Å²) >= 11 is 0. The first-order chi connectivity index (χ1) is 10.1. The molecule has 0 heterocycles. The highest BCUT2D eigenvalue weighted by Gasteiger charge is 2.28. The zero-order valence-corrected chi connectivity index (χ0v) is 12.4. The van der Waals surface area contributed by atoms with E-state index in [-0.39, 0.29) is 5.82 Å². The van der Waals surface area contributed by atoms with Gasteiger partial charge in [-0.15, -0.1) is 0 Å². The van der Waals surface area contributed by atoms with Gasteiger partial charge in [0, 0.05) is 12.1 Å². The van der Waals surface area contributed by atoms with Crippen LogP contribution in [0.25, 0.3) is 0 Å². The van der Waals surface area contributed by atoms with Gasteiger partial charge in [0.1, 0.15) is 11.4 Å². The molecule has 0 aliphatic heterocycles. The number of nitrogens with one attached hydrogen (secondary N) is 1. The van der Waals surface area contributed by atoms with E-state index in [1.807, 2.05) is 50.2 Å². The SMILES string of the molecule is CCC(C#N)(Cc1ccccc1)Nc1cc(C)cc(F)c1. The van der Waals surface area contributed by atoms with Gasteiger partial charge in [0.2, 0.25) is 0 Å². The molecular weight excluding hydrogens is 263 g/mol. The van der Waals surface area contributed by atoms with Gasteiger partial charge in [-0.05, 0) is 42.7 Å². The van der Waals surface area contributed by atoms with Crippen LogP contribution in [0.15, 0.2) is 48.5 Å². The van der Waals surface area contributed by atoms with Crippen molar-refractivity contribution in [1.82, 2.24) is 0 Å². The topological polar surface area (TPSA) is 35.8 Å². The molecule has 1 N–H and O–H groups in total. The third-order valence-corrected chi connectivity index (χ3v) is 3.59. The van der Waals surface area contributed by atoms with Crippen molar-refractivity contribution >= 4 is 5.69 Å². The van der Waals surface area contributed by atoms with Gasteiger partial charge in [0.05, 0.1) is 6.07 Å². The average Bonchev–Trinajstić information content (AvgIpc) is 2.46. The van der Waals surface area contributed by atoms with E-state index in [1.165, 1.54) is 12.1 Å². The number of nitrogens with zero attached hydrogens (tertiary/aromatic N) is 1. The first-order valence-corrected chi connectivity index (χ1v) is 7.07. The smallest absolute Gasteiger partial charge is 0.129 e. The molecule has 2 nitrogen and oxygen atoms in total. The Balaban J connectivity index is 2.28. The van der Waals surface area contributed by atoms with Crippen molar-refractivity contribution in [3.05, 3.63) is 65.5 Å². The molecular formula is C18H19FN2. The van der Waals surface area contributed by atoms with E-state index in [0.717, 1.165) is 11.1 Å². The number of hydrogen-bond acceptors (Lipinski definition) is 2. The highest BCUT2D eigenvalue weighted by atomic mass is 19.1.